The Morgan fingerprint density at radius 2 is 1.74 bits per heavy atom. The van der Waals surface area contributed by atoms with Gasteiger partial charge in [-0.05, 0) is 44.4 Å². The van der Waals surface area contributed by atoms with Crippen molar-refractivity contribution in [2.75, 3.05) is 19.7 Å². The highest BCUT2D eigenvalue weighted by Crippen LogP contribution is 2.24. The molecule has 1 aliphatic carbocycles. The number of hydrogen-bond donors (Lipinski definition) is 2. The highest BCUT2D eigenvalue weighted by molar-refractivity contribution is 5.74. The molecule has 2 rings (SSSR count). The van der Waals surface area contributed by atoms with Crippen molar-refractivity contribution in [1.29, 1.82) is 0 Å². The van der Waals surface area contributed by atoms with Gasteiger partial charge in [0.25, 0.3) is 0 Å². The number of aliphatic carboxylic acids is 1. The predicted molar refractivity (Wildman–Crippen MR) is 87.3 cm³/mol. The fraction of sp³-hybridized carbons (Fsp3) is 0.882. The molecule has 1 saturated heterocycles. The van der Waals surface area contributed by atoms with Gasteiger partial charge in [-0.3, -0.25) is 4.79 Å². The van der Waals surface area contributed by atoms with Crippen LogP contribution in [0, 0.1) is 11.8 Å². The molecule has 0 atom stereocenters. The van der Waals surface area contributed by atoms with Crippen LogP contribution in [0.2, 0.25) is 0 Å². The summed E-state index contributed by atoms with van der Waals surface area (Å²) in [5.74, 6) is -0.410. The number of nitrogens with zero attached hydrogens (tertiary/aromatic N) is 1. The van der Waals surface area contributed by atoms with Gasteiger partial charge in [0.1, 0.15) is 0 Å². The SMILES string of the molecule is CC(C)COC1CCN(C(=O)NC2CCC(C(=O)O)CC2)CC1. The number of carboxylic acid groups (broad SMARTS) is 1. The molecule has 0 aromatic rings. The molecule has 6 nitrogen and oxygen atoms in total. The summed E-state index contributed by atoms with van der Waals surface area (Å²) in [6, 6.07) is 0.110. The first-order valence-electron chi connectivity index (χ1n) is 8.85. The number of rotatable bonds is 5. The van der Waals surface area contributed by atoms with Crippen LogP contribution in [0.15, 0.2) is 0 Å². The molecule has 1 aliphatic heterocycles. The topological polar surface area (TPSA) is 78.9 Å². The zero-order chi connectivity index (χ0) is 16.8. The largest absolute Gasteiger partial charge is 0.481 e. The van der Waals surface area contributed by atoms with E-state index < -0.39 is 5.97 Å². The van der Waals surface area contributed by atoms with E-state index in [1.807, 2.05) is 4.90 Å². The molecule has 0 unspecified atom stereocenters. The number of carbonyl (C=O) groups is 2. The first-order valence-corrected chi connectivity index (χ1v) is 8.85. The molecular formula is C17H30N2O4. The molecule has 0 spiro atoms. The molecule has 2 N–H and O–H groups in total. The highest BCUT2D eigenvalue weighted by atomic mass is 16.5. The minimum atomic E-state index is -0.710. The Labute approximate surface area is 138 Å². The van der Waals surface area contributed by atoms with Crippen molar-refractivity contribution in [1.82, 2.24) is 10.2 Å². The number of carboxylic acids is 1. The van der Waals surface area contributed by atoms with Crippen LogP contribution in [0.4, 0.5) is 4.79 Å². The van der Waals surface area contributed by atoms with Crippen LogP contribution in [0.25, 0.3) is 0 Å². The number of piperidine rings is 1. The van der Waals surface area contributed by atoms with Gasteiger partial charge in [-0.25, -0.2) is 4.79 Å². The van der Waals surface area contributed by atoms with Gasteiger partial charge < -0.3 is 20.1 Å². The molecular weight excluding hydrogens is 296 g/mol. The molecule has 6 heteroatoms. The quantitative estimate of drug-likeness (QED) is 0.813. The summed E-state index contributed by atoms with van der Waals surface area (Å²) in [4.78, 5) is 25.1. The Bertz CT molecular complexity index is 397. The lowest BCUT2D eigenvalue weighted by Crippen LogP contribution is -2.49. The van der Waals surface area contributed by atoms with E-state index in [0.29, 0.717) is 18.8 Å². The van der Waals surface area contributed by atoms with Crippen molar-refractivity contribution in [3.05, 3.63) is 0 Å². The molecule has 23 heavy (non-hydrogen) atoms. The van der Waals surface area contributed by atoms with Crippen LogP contribution in [0.1, 0.15) is 52.4 Å². The summed E-state index contributed by atoms with van der Waals surface area (Å²) in [7, 11) is 0. The fourth-order valence-electron chi connectivity index (χ4n) is 3.30. The van der Waals surface area contributed by atoms with Crippen LogP contribution in [0.3, 0.4) is 0 Å². The normalized spacial score (nSPS) is 26.3. The number of likely N-dealkylation sites (tertiary alicyclic amines) is 1. The van der Waals surface area contributed by atoms with E-state index in [2.05, 4.69) is 19.2 Å². The summed E-state index contributed by atoms with van der Waals surface area (Å²) in [5, 5.41) is 12.1. The van der Waals surface area contributed by atoms with E-state index in [1.165, 1.54) is 0 Å². The molecule has 0 aromatic carbocycles. The number of ether oxygens (including phenoxy) is 1. The van der Waals surface area contributed by atoms with E-state index >= 15 is 0 Å². The predicted octanol–water partition coefficient (Wildman–Crippen LogP) is 2.48. The van der Waals surface area contributed by atoms with Gasteiger partial charge in [-0.2, -0.15) is 0 Å². The summed E-state index contributed by atoms with van der Waals surface area (Å²) in [5.41, 5.74) is 0. The molecule has 0 radical (unpaired) electrons. The van der Waals surface area contributed by atoms with E-state index in [1.54, 1.807) is 0 Å². The van der Waals surface area contributed by atoms with Crippen LogP contribution in [-0.4, -0.2) is 53.8 Å². The maximum atomic E-state index is 12.3. The average Bonchev–Trinajstić information content (AvgIpc) is 2.54. The third-order valence-corrected chi connectivity index (χ3v) is 4.80. The van der Waals surface area contributed by atoms with Crippen molar-refractivity contribution in [3.63, 3.8) is 0 Å². The second-order valence-corrected chi connectivity index (χ2v) is 7.25. The number of nitrogens with one attached hydrogen (secondary N) is 1. The van der Waals surface area contributed by atoms with Crippen molar-refractivity contribution >= 4 is 12.0 Å². The molecule has 1 heterocycles. The number of carbonyl (C=O) groups excluding carboxylic acids is 1. The lowest BCUT2D eigenvalue weighted by atomic mass is 9.86. The Hall–Kier alpha value is -1.30. The van der Waals surface area contributed by atoms with Crippen LogP contribution >= 0.6 is 0 Å². The molecule has 2 amide bonds. The summed E-state index contributed by atoms with van der Waals surface area (Å²) in [6.45, 7) is 6.53. The third-order valence-electron chi connectivity index (χ3n) is 4.80. The lowest BCUT2D eigenvalue weighted by Gasteiger charge is -2.34. The van der Waals surface area contributed by atoms with E-state index in [0.717, 1.165) is 45.4 Å². The Morgan fingerprint density at radius 3 is 2.26 bits per heavy atom. The summed E-state index contributed by atoms with van der Waals surface area (Å²) < 4.78 is 5.84. The van der Waals surface area contributed by atoms with Gasteiger partial charge in [0, 0.05) is 25.7 Å². The van der Waals surface area contributed by atoms with E-state index in [9.17, 15) is 9.59 Å². The summed E-state index contributed by atoms with van der Waals surface area (Å²) in [6.07, 6.45) is 4.90. The molecule has 1 saturated carbocycles. The van der Waals surface area contributed by atoms with Gasteiger partial charge in [0.15, 0.2) is 0 Å². The van der Waals surface area contributed by atoms with E-state index in [-0.39, 0.29) is 24.1 Å². The minimum Gasteiger partial charge on any atom is -0.481 e. The smallest absolute Gasteiger partial charge is 0.317 e. The average molecular weight is 326 g/mol. The van der Waals surface area contributed by atoms with Crippen molar-refractivity contribution in [2.45, 2.75) is 64.5 Å². The van der Waals surface area contributed by atoms with Gasteiger partial charge in [-0.15, -0.1) is 0 Å². The number of hydrogen-bond acceptors (Lipinski definition) is 3. The monoisotopic (exact) mass is 326 g/mol. The highest BCUT2D eigenvalue weighted by Gasteiger charge is 2.29. The molecule has 2 fully saturated rings. The Morgan fingerprint density at radius 1 is 1.13 bits per heavy atom. The second-order valence-electron chi connectivity index (χ2n) is 7.25. The maximum Gasteiger partial charge on any atom is 0.317 e. The molecule has 0 bridgehead atoms. The Balaban J connectivity index is 1.66. The van der Waals surface area contributed by atoms with Gasteiger partial charge in [0.2, 0.25) is 0 Å². The summed E-state index contributed by atoms with van der Waals surface area (Å²) >= 11 is 0. The van der Waals surface area contributed by atoms with Gasteiger partial charge in [-0.1, -0.05) is 13.8 Å². The first-order chi connectivity index (χ1) is 11.0. The molecule has 2 aliphatic rings. The van der Waals surface area contributed by atoms with Crippen LogP contribution < -0.4 is 5.32 Å². The molecule has 0 aromatic heterocycles. The third kappa shape index (κ3) is 5.68. The maximum absolute atomic E-state index is 12.3. The first kappa shape index (κ1) is 18.0. The number of amides is 2. The molecule has 132 valence electrons. The second kappa shape index (κ2) is 8.52. The zero-order valence-electron chi connectivity index (χ0n) is 14.3. The standard InChI is InChI=1S/C17H30N2O4/c1-12(2)11-23-15-7-9-19(10-8-15)17(22)18-14-5-3-13(4-6-14)16(20)21/h12-15H,3-11H2,1-2H3,(H,18,22)(H,20,21). The van der Waals surface area contributed by atoms with Gasteiger partial charge >= 0.3 is 12.0 Å². The van der Waals surface area contributed by atoms with Crippen LogP contribution in [-0.2, 0) is 9.53 Å². The van der Waals surface area contributed by atoms with Gasteiger partial charge in [0.05, 0.1) is 12.0 Å². The van der Waals surface area contributed by atoms with E-state index in [4.69, 9.17) is 9.84 Å². The van der Waals surface area contributed by atoms with Crippen LogP contribution in [0.5, 0.6) is 0 Å². The zero-order valence-corrected chi connectivity index (χ0v) is 14.3. The van der Waals surface area contributed by atoms with Crippen molar-refractivity contribution in [3.8, 4) is 0 Å². The lowest BCUT2D eigenvalue weighted by molar-refractivity contribution is -0.142. The Kier molecular flexibility index (Phi) is 6.69. The fourth-order valence-corrected chi connectivity index (χ4v) is 3.30. The van der Waals surface area contributed by atoms with Crippen molar-refractivity contribution in [2.24, 2.45) is 11.8 Å². The van der Waals surface area contributed by atoms with Crippen molar-refractivity contribution < 1.29 is 19.4 Å². The number of urea groups is 1. The minimum absolute atomic E-state index is 0.00826.